The monoisotopic (exact) mass is 357 g/mol. The fourth-order valence-corrected chi connectivity index (χ4v) is 2.25. The second-order valence-electron chi connectivity index (χ2n) is 6.15. The Kier molecular flexibility index (Phi) is 7.14. The van der Waals surface area contributed by atoms with Crippen LogP contribution in [0.4, 0.5) is 5.69 Å². The van der Waals surface area contributed by atoms with Crippen LogP contribution >= 0.6 is 0 Å². The zero-order chi connectivity index (χ0) is 18.9. The maximum absolute atomic E-state index is 5.94. The highest BCUT2D eigenvalue weighted by molar-refractivity contribution is 5.92. The lowest BCUT2D eigenvalue weighted by Gasteiger charge is -2.14. The number of hydrogen-bond acceptors (Lipinski definition) is 4. The number of nitrogens with zero attached hydrogens (tertiary/aromatic N) is 1. The largest absolute Gasteiger partial charge is 0.497 e. The number of guanidine groups is 1. The van der Waals surface area contributed by atoms with Gasteiger partial charge in [0.1, 0.15) is 23.4 Å². The van der Waals surface area contributed by atoms with Crippen molar-refractivity contribution in [3.05, 3.63) is 48.5 Å². The molecule has 0 aliphatic carbocycles. The van der Waals surface area contributed by atoms with E-state index >= 15 is 0 Å². The Hall–Kier alpha value is -2.89. The van der Waals surface area contributed by atoms with Gasteiger partial charge in [0.25, 0.3) is 0 Å². The van der Waals surface area contributed by atoms with Crippen molar-refractivity contribution in [2.24, 2.45) is 10.7 Å². The van der Waals surface area contributed by atoms with Crippen LogP contribution in [0.1, 0.15) is 20.8 Å². The summed E-state index contributed by atoms with van der Waals surface area (Å²) < 4.78 is 16.6. The first-order valence-corrected chi connectivity index (χ1v) is 8.60. The van der Waals surface area contributed by atoms with E-state index in [0.717, 1.165) is 22.9 Å². The van der Waals surface area contributed by atoms with E-state index in [1.165, 1.54) is 0 Å². The Labute approximate surface area is 155 Å². The number of anilines is 1. The van der Waals surface area contributed by atoms with Crippen molar-refractivity contribution >= 4 is 11.6 Å². The average Bonchev–Trinajstić information content (AvgIpc) is 2.61. The molecule has 2 aromatic carbocycles. The van der Waals surface area contributed by atoms with Crippen LogP contribution in [-0.4, -0.2) is 31.8 Å². The predicted molar refractivity (Wildman–Crippen MR) is 105 cm³/mol. The molecule has 3 N–H and O–H groups in total. The Morgan fingerprint density at radius 1 is 1.00 bits per heavy atom. The lowest BCUT2D eigenvalue weighted by atomic mass is 10.3. The van der Waals surface area contributed by atoms with Crippen LogP contribution < -0.4 is 25.3 Å². The molecule has 140 valence electrons. The second-order valence-corrected chi connectivity index (χ2v) is 6.15. The standard InChI is InChI=1S/C20H27N3O3/c1-14(2)25-17-10-8-16(9-11-17)23-20(21)22-13-15(3)26-19-7-5-6-18(12-19)24-4/h5-12,14-15H,13H2,1-4H3,(H3,21,22,23). The summed E-state index contributed by atoms with van der Waals surface area (Å²) in [6.07, 6.45) is 0.0239. The van der Waals surface area contributed by atoms with Gasteiger partial charge in [0.15, 0.2) is 5.96 Å². The van der Waals surface area contributed by atoms with Gasteiger partial charge in [0, 0.05) is 11.8 Å². The molecule has 0 bridgehead atoms. The summed E-state index contributed by atoms with van der Waals surface area (Å²) in [6.45, 7) is 6.36. The van der Waals surface area contributed by atoms with Gasteiger partial charge in [-0.05, 0) is 57.2 Å². The van der Waals surface area contributed by atoms with Crippen LogP contribution in [-0.2, 0) is 0 Å². The van der Waals surface area contributed by atoms with Crippen molar-refractivity contribution in [2.75, 3.05) is 19.0 Å². The van der Waals surface area contributed by atoms with Gasteiger partial charge in [-0.15, -0.1) is 0 Å². The highest BCUT2D eigenvalue weighted by Crippen LogP contribution is 2.20. The number of methoxy groups -OCH3 is 1. The molecule has 0 aliphatic heterocycles. The summed E-state index contributed by atoms with van der Waals surface area (Å²) in [5, 5.41) is 3.06. The Bertz CT molecular complexity index is 714. The van der Waals surface area contributed by atoms with Crippen molar-refractivity contribution in [1.29, 1.82) is 0 Å². The first-order valence-electron chi connectivity index (χ1n) is 8.60. The van der Waals surface area contributed by atoms with E-state index in [-0.39, 0.29) is 12.2 Å². The van der Waals surface area contributed by atoms with Gasteiger partial charge in [-0.2, -0.15) is 0 Å². The molecule has 0 spiro atoms. The molecule has 2 rings (SSSR count). The summed E-state index contributed by atoms with van der Waals surface area (Å²) in [6, 6.07) is 15.1. The summed E-state index contributed by atoms with van der Waals surface area (Å²) in [5.41, 5.74) is 6.79. The van der Waals surface area contributed by atoms with Crippen LogP contribution in [0.15, 0.2) is 53.5 Å². The van der Waals surface area contributed by atoms with Crippen LogP contribution in [0.5, 0.6) is 17.2 Å². The van der Waals surface area contributed by atoms with Crippen molar-refractivity contribution in [3.8, 4) is 17.2 Å². The van der Waals surface area contributed by atoms with E-state index in [0.29, 0.717) is 12.5 Å². The van der Waals surface area contributed by atoms with E-state index < -0.39 is 0 Å². The fraction of sp³-hybridized carbons (Fsp3) is 0.350. The lowest BCUT2D eigenvalue weighted by molar-refractivity contribution is 0.229. The number of ether oxygens (including phenoxy) is 3. The van der Waals surface area contributed by atoms with E-state index in [1.54, 1.807) is 7.11 Å². The maximum atomic E-state index is 5.94. The van der Waals surface area contributed by atoms with Crippen LogP contribution in [0.25, 0.3) is 0 Å². The van der Waals surface area contributed by atoms with Gasteiger partial charge in [0.2, 0.25) is 0 Å². The number of benzene rings is 2. The van der Waals surface area contributed by atoms with E-state index in [2.05, 4.69) is 10.3 Å². The summed E-state index contributed by atoms with van der Waals surface area (Å²) >= 11 is 0. The van der Waals surface area contributed by atoms with Crippen molar-refractivity contribution in [2.45, 2.75) is 33.0 Å². The number of aliphatic imine (C=N–C) groups is 1. The third kappa shape index (κ3) is 6.55. The summed E-state index contributed by atoms with van der Waals surface area (Å²) in [7, 11) is 1.63. The number of hydrogen-bond donors (Lipinski definition) is 2. The van der Waals surface area contributed by atoms with Crippen molar-refractivity contribution in [1.82, 2.24) is 0 Å². The molecule has 0 saturated heterocycles. The first kappa shape index (κ1) is 19.4. The minimum absolute atomic E-state index is 0.121. The minimum Gasteiger partial charge on any atom is -0.497 e. The lowest BCUT2D eigenvalue weighted by Crippen LogP contribution is -2.25. The second kappa shape index (κ2) is 9.56. The smallest absolute Gasteiger partial charge is 0.193 e. The molecular formula is C20H27N3O3. The minimum atomic E-state index is -0.121. The van der Waals surface area contributed by atoms with Crippen LogP contribution in [0, 0.1) is 0 Å². The summed E-state index contributed by atoms with van der Waals surface area (Å²) in [5.74, 6) is 2.65. The normalized spacial score (nSPS) is 12.6. The third-order valence-corrected chi connectivity index (χ3v) is 3.40. The molecule has 6 nitrogen and oxygen atoms in total. The number of nitrogens with one attached hydrogen (secondary N) is 1. The molecule has 0 saturated carbocycles. The Balaban J connectivity index is 1.84. The van der Waals surface area contributed by atoms with E-state index in [1.807, 2.05) is 69.3 Å². The topological polar surface area (TPSA) is 78.1 Å². The third-order valence-electron chi connectivity index (χ3n) is 3.40. The first-order chi connectivity index (χ1) is 12.5. The fourth-order valence-electron chi connectivity index (χ4n) is 2.25. The zero-order valence-electron chi connectivity index (χ0n) is 15.7. The quantitative estimate of drug-likeness (QED) is 0.557. The Morgan fingerprint density at radius 3 is 2.35 bits per heavy atom. The molecule has 0 aliphatic rings. The van der Waals surface area contributed by atoms with E-state index in [4.69, 9.17) is 19.9 Å². The Morgan fingerprint density at radius 2 is 1.69 bits per heavy atom. The van der Waals surface area contributed by atoms with Crippen LogP contribution in [0.3, 0.4) is 0 Å². The maximum Gasteiger partial charge on any atom is 0.193 e. The molecule has 0 heterocycles. The van der Waals surface area contributed by atoms with Crippen molar-refractivity contribution in [3.63, 3.8) is 0 Å². The highest BCUT2D eigenvalue weighted by atomic mass is 16.5. The molecule has 26 heavy (non-hydrogen) atoms. The number of nitrogens with two attached hydrogens (primary N) is 1. The molecule has 1 unspecified atom stereocenters. The predicted octanol–water partition coefficient (Wildman–Crippen LogP) is 3.68. The van der Waals surface area contributed by atoms with Gasteiger partial charge < -0.3 is 25.3 Å². The zero-order valence-corrected chi connectivity index (χ0v) is 15.7. The van der Waals surface area contributed by atoms with Crippen molar-refractivity contribution < 1.29 is 14.2 Å². The highest BCUT2D eigenvalue weighted by Gasteiger charge is 2.05. The average molecular weight is 357 g/mol. The van der Waals surface area contributed by atoms with Gasteiger partial charge in [-0.1, -0.05) is 6.07 Å². The summed E-state index contributed by atoms with van der Waals surface area (Å²) in [4.78, 5) is 4.32. The van der Waals surface area contributed by atoms with E-state index in [9.17, 15) is 0 Å². The van der Waals surface area contributed by atoms with Gasteiger partial charge in [-0.3, -0.25) is 0 Å². The van der Waals surface area contributed by atoms with Gasteiger partial charge in [-0.25, -0.2) is 4.99 Å². The molecule has 2 aromatic rings. The van der Waals surface area contributed by atoms with Crippen LogP contribution in [0.2, 0.25) is 0 Å². The number of rotatable bonds is 8. The van der Waals surface area contributed by atoms with Gasteiger partial charge in [0.05, 0.1) is 19.8 Å². The molecule has 0 amide bonds. The molecular weight excluding hydrogens is 330 g/mol. The molecule has 1 atom stereocenters. The molecule has 6 heteroatoms. The van der Waals surface area contributed by atoms with Gasteiger partial charge >= 0.3 is 0 Å². The molecule has 0 aromatic heterocycles. The molecule has 0 radical (unpaired) electrons. The molecule has 0 fully saturated rings. The SMILES string of the molecule is COc1cccc(OC(C)CN=C(N)Nc2ccc(OC(C)C)cc2)c1.